The molecule has 27 heavy (non-hydrogen) atoms. The van der Waals surface area contributed by atoms with Crippen LogP contribution in [0.5, 0.6) is 0 Å². The highest BCUT2D eigenvalue weighted by molar-refractivity contribution is 6.97. The van der Waals surface area contributed by atoms with E-state index in [0.717, 1.165) is 36.0 Å². The normalized spacial score (nSPS) is 41.9. The van der Waals surface area contributed by atoms with Gasteiger partial charge in [0.15, 0.2) is 0 Å². The summed E-state index contributed by atoms with van der Waals surface area (Å²) in [6, 6.07) is 0. The first-order valence-electron chi connectivity index (χ1n) is 10.6. The summed E-state index contributed by atoms with van der Waals surface area (Å²) in [6.45, 7) is 8.05. The SMILES string of the molecule is C=CC1CC2C=CC1C2CC=CCC(=CCC1C2C=CC1C(C=C)C2)[Si]Cl. The molecule has 2 radical (unpaired) electrons. The quantitative estimate of drug-likeness (QED) is 0.232. The minimum Gasteiger partial charge on any atom is -0.165 e. The number of halogens is 1. The van der Waals surface area contributed by atoms with Gasteiger partial charge in [-0.3, -0.25) is 0 Å². The summed E-state index contributed by atoms with van der Waals surface area (Å²) in [4.78, 5) is 0. The molecule has 8 unspecified atom stereocenters. The number of rotatable bonds is 9. The lowest BCUT2D eigenvalue weighted by atomic mass is 9.89. The molecule has 4 rings (SSSR count). The lowest BCUT2D eigenvalue weighted by molar-refractivity contribution is 0.416. The summed E-state index contributed by atoms with van der Waals surface area (Å²) in [5.41, 5.74) is 0. The molecule has 2 fully saturated rings. The van der Waals surface area contributed by atoms with E-state index in [4.69, 9.17) is 11.1 Å². The van der Waals surface area contributed by atoms with Crippen molar-refractivity contribution >= 4 is 19.9 Å². The van der Waals surface area contributed by atoms with Gasteiger partial charge >= 0.3 is 0 Å². The van der Waals surface area contributed by atoms with E-state index in [9.17, 15) is 0 Å². The molecule has 0 aliphatic heterocycles. The maximum Gasteiger partial charge on any atom is 0.206 e. The van der Waals surface area contributed by atoms with Gasteiger partial charge < -0.3 is 0 Å². The predicted molar refractivity (Wildman–Crippen MR) is 119 cm³/mol. The monoisotopic (exact) mass is 394 g/mol. The number of hydrogen-bond acceptors (Lipinski definition) is 0. The third kappa shape index (κ3) is 3.78. The average molecular weight is 395 g/mol. The van der Waals surface area contributed by atoms with Crippen LogP contribution in [0.3, 0.4) is 0 Å². The Hall–Kier alpha value is -1.05. The number of hydrogen-bond donors (Lipinski definition) is 0. The zero-order chi connectivity index (χ0) is 18.8. The van der Waals surface area contributed by atoms with Crippen LogP contribution in [-0.4, -0.2) is 8.83 Å². The van der Waals surface area contributed by atoms with Gasteiger partial charge in [0, 0.05) is 0 Å². The Morgan fingerprint density at radius 1 is 0.889 bits per heavy atom. The summed E-state index contributed by atoms with van der Waals surface area (Å²) in [7, 11) is 0.403. The summed E-state index contributed by atoms with van der Waals surface area (Å²) in [5.74, 6) is 5.93. The standard InChI is InChI=1S/C25H31ClSi/c1-3-17-15-19-9-12-23(17)22(19)8-6-5-7-21(27-26)11-14-25-20-10-13-24(25)18(4-2)16-20/h3-6,9-13,17-20,22-25H,1-2,7-8,14-16H2. The van der Waals surface area contributed by atoms with Crippen LogP contribution in [0.2, 0.25) is 0 Å². The van der Waals surface area contributed by atoms with E-state index in [1.54, 1.807) is 0 Å². The molecule has 0 spiro atoms. The third-order valence-electron chi connectivity index (χ3n) is 7.60. The topological polar surface area (TPSA) is 0 Å². The van der Waals surface area contributed by atoms with E-state index in [2.05, 4.69) is 67.8 Å². The summed E-state index contributed by atoms with van der Waals surface area (Å²) in [6.07, 6.45) is 27.3. The Labute approximate surface area is 172 Å². The lowest BCUT2D eigenvalue weighted by Gasteiger charge is -2.16. The van der Waals surface area contributed by atoms with E-state index in [0.29, 0.717) is 26.6 Å². The fourth-order valence-corrected chi connectivity index (χ4v) is 6.98. The van der Waals surface area contributed by atoms with E-state index >= 15 is 0 Å². The van der Waals surface area contributed by atoms with Gasteiger partial charge in [-0.25, -0.2) is 0 Å². The van der Waals surface area contributed by atoms with Gasteiger partial charge in [0.05, 0.1) is 0 Å². The zero-order valence-electron chi connectivity index (χ0n) is 16.1. The van der Waals surface area contributed by atoms with Crippen molar-refractivity contribution in [3.8, 4) is 0 Å². The highest BCUT2D eigenvalue weighted by atomic mass is 35.6. The molecule has 2 heteroatoms. The number of allylic oxidation sites excluding steroid dienone is 10. The molecule has 0 heterocycles. The summed E-state index contributed by atoms with van der Waals surface area (Å²) in [5, 5.41) is 1.41. The largest absolute Gasteiger partial charge is 0.206 e. The van der Waals surface area contributed by atoms with Crippen LogP contribution in [0.1, 0.15) is 32.1 Å². The first kappa shape index (κ1) is 19.3. The fraction of sp³-hybridized carbons (Fsp3) is 0.520. The van der Waals surface area contributed by atoms with E-state index < -0.39 is 0 Å². The Morgan fingerprint density at radius 2 is 1.48 bits per heavy atom. The molecule has 0 aromatic rings. The van der Waals surface area contributed by atoms with E-state index in [1.807, 2.05) is 0 Å². The minimum absolute atomic E-state index is 0.403. The maximum atomic E-state index is 6.27. The molecule has 0 aromatic heterocycles. The van der Waals surface area contributed by atoms with Gasteiger partial charge in [0.2, 0.25) is 8.83 Å². The van der Waals surface area contributed by atoms with Crippen molar-refractivity contribution in [1.29, 1.82) is 0 Å². The average Bonchev–Trinajstić information content (AvgIpc) is 3.46. The van der Waals surface area contributed by atoms with Crippen LogP contribution in [0.15, 0.2) is 73.0 Å². The zero-order valence-corrected chi connectivity index (χ0v) is 17.9. The van der Waals surface area contributed by atoms with Crippen LogP contribution in [0, 0.1) is 47.3 Å². The second kappa shape index (κ2) is 8.53. The maximum absolute atomic E-state index is 6.27. The lowest BCUT2D eigenvalue weighted by Crippen LogP contribution is -2.09. The first-order chi connectivity index (χ1) is 13.2. The Morgan fingerprint density at radius 3 is 2.00 bits per heavy atom. The van der Waals surface area contributed by atoms with Crippen molar-refractivity contribution in [1.82, 2.24) is 0 Å². The van der Waals surface area contributed by atoms with Gasteiger partial charge in [-0.05, 0) is 79.4 Å². The molecule has 4 aliphatic carbocycles. The smallest absolute Gasteiger partial charge is 0.165 e. The van der Waals surface area contributed by atoms with Gasteiger partial charge in [0.25, 0.3) is 0 Å². The predicted octanol–water partition coefficient (Wildman–Crippen LogP) is 6.70. The van der Waals surface area contributed by atoms with Crippen LogP contribution in [0.25, 0.3) is 0 Å². The highest BCUT2D eigenvalue weighted by Gasteiger charge is 2.43. The Kier molecular flexibility index (Phi) is 6.09. The highest BCUT2D eigenvalue weighted by Crippen LogP contribution is 2.51. The van der Waals surface area contributed by atoms with Gasteiger partial charge in [-0.15, -0.1) is 13.2 Å². The fourth-order valence-electron chi connectivity index (χ4n) is 6.13. The van der Waals surface area contributed by atoms with Crippen molar-refractivity contribution in [2.24, 2.45) is 47.3 Å². The minimum atomic E-state index is 0.403. The summed E-state index contributed by atoms with van der Waals surface area (Å²) < 4.78 is 0. The molecule has 0 amide bonds. The van der Waals surface area contributed by atoms with Crippen molar-refractivity contribution in [2.75, 3.05) is 0 Å². The van der Waals surface area contributed by atoms with Gasteiger partial charge in [-0.1, -0.05) is 59.9 Å². The van der Waals surface area contributed by atoms with Crippen LogP contribution >= 0.6 is 11.1 Å². The van der Waals surface area contributed by atoms with Crippen molar-refractivity contribution < 1.29 is 0 Å². The molecule has 0 aromatic carbocycles. The van der Waals surface area contributed by atoms with Gasteiger partial charge in [-0.2, -0.15) is 11.1 Å². The number of fused-ring (bicyclic) bond motifs is 4. The molecule has 142 valence electrons. The second-order valence-electron chi connectivity index (χ2n) is 8.82. The molecule has 0 nitrogen and oxygen atoms in total. The molecule has 4 aliphatic rings. The molecule has 2 saturated carbocycles. The molecular weight excluding hydrogens is 364 g/mol. The van der Waals surface area contributed by atoms with Crippen molar-refractivity contribution in [3.05, 3.63) is 73.0 Å². The van der Waals surface area contributed by atoms with Crippen LogP contribution in [0.4, 0.5) is 0 Å². The van der Waals surface area contributed by atoms with Crippen LogP contribution < -0.4 is 0 Å². The molecule has 8 atom stereocenters. The molecule has 0 saturated heterocycles. The Bertz CT molecular complexity index is 684. The first-order valence-corrected chi connectivity index (χ1v) is 12.6. The second-order valence-corrected chi connectivity index (χ2v) is 10.2. The van der Waals surface area contributed by atoms with Crippen molar-refractivity contribution in [3.63, 3.8) is 0 Å². The van der Waals surface area contributed by atoms with Gasteiger partial charge in [0.1, 0.15) is 0 Å². The summed E-state index contributed by atoms with van der Waals surface area (Å²) >= 11 is 6.27. The van der Waals surface area contributed by atoms with E-state index in [1.165, 1.54) is 30.9 Å². The Balaban J connectivity index is 1.26. The van der Waals surface area contributed by atoms with Crippen LogP contribution in [-0.2, 0) is 0 Å². The van der Waals surface area contributed by atoms with Crippen molar-refractivity contribution in [2.45, 2.75) is 32.1 Å². The van der Waals surface area contributed by atoms with E-state index in [-0.39, 0.29) is 0 Å². The molecular formula is C25H31ClSi. The molecule has 4 bridgehead atoms. The third-order valence-corrected chi connectivity index (χ3v) is 8.98. The molecule has 0 N–H and O–H groups in total.